The van der Waals surface area contributed by atoms with Gasteiger partial charge in [0, 0.05) is 17.8 Å². The molecule has 0 unspecified atom stereocenters. The molecule has 4 heteroatoms. The molecule has 1 aliphatic rings. The van der Waals surface area contributed by atoms with Crippen molar-refractivity contribution in [1.82, 2.24) is 4.90 Å². The highest BCUT2D eigenvalue weighted by Crippen LogP contribution is 2.14. The van der Waals surface area contributed by atoms with Crippen LogP contribution in [-0.2, 0) is 4.74 Å². The van der Waals surface area contributed by atoms with Gasteiger partial charge in [-0.15, -0.1) is 0 Å². The molecular formula is C12H16N2O2. The molecular weight excluding hydrogens is 204 g/mol. The molecule has 1 aromatic rings. The van der Waals surface area contributed by atoms with Crippen LogP contribution in [0.1, 0.15) is 17.3 Å². The number of benzene rings is 1. The third-order valence-electron chi connectivity index (χ3n) is 2.76. The second kappa shape index (κ2) is 4.53. The lowest BCUT2D eigenvalue weighted by atomic mass is 10.1. The van der Waals surface area contributed by atoms with Crippen molar-refractivity contribution in [3.63, 3.8) is 0 Å². The minimum absolute atomic E-state index is 0.0306. The minimum atomic E-state index is 0.0306. The Balaban J connectivity index is 2.17. The quantitative estimate of drug-likeness (QED) is 0.722. The van der Waals surface area contributed by atoms with Gasteiger partial charge in [0.1, 0.15) is 0 Å². The van der Waals surface area contributed by atoms with E-state index in [0.717, 1.165) is 0 Å². The Labute approximate surface area is 95.0 Å². The van der Waals surface area contributed by atoms with Crippen LogP contribution >= 0.6 is 0 Å². The molecule has 1 saturated heterocycles. The first-order valence-corrected chi connectivity index (χ1v) is 5.43. The van der Waals surface area contributed by atoms with E-state index in [2.05, 4.69) is 0 Å². The summed E-state index contributed by atoms with van der Waals surface area (Å²) in [6.07, 6.45) is 0. The Morgan fingerprint density at radius 2 is 2.38 bits per heavy atom. The molecule has 4 nitrogen and oxygen atoms in total. The molecule has 2 N–H and O–H groups in total. The molecule has 1 atom stereocenters. The topological polar surface area (TPSA) is 55.6 Å². The van der Waals surface area contributed by atoms with E-state index >= 15 is 0 Å². The molecule has 0 saturated carbocycles. The molecule has 0 bridgehead atoms. The largest absolute Gasteiger partial charge is 0.399 e. The summed E-state index contributed by atoms with van der Waals surface area (Å²) in [5.41, 5.74) is 6.93. The number of morpholine rings is 1. The van der Waals surface area contributed by atoms with Crippen molar-refractivity contribution in [3.8, 4) is 0 Å². The van der Waals surface area contributed by atoms with Crippen molar-refractivity contribution in [3.05, 3.63) is 29.8 Å². The molecule has 1 heterocycles. The summed E-state index contributed by atoms with van der Waals surface area (Å²) in [7, 11) is 0. The predicted molar refractivity (Wildman–Crippen MR) is 62.2 cm³/mol. The number of carbonyl (C=O) groups is 1. The second-order valence-corrected chi connectivity index (χ2v) is 4.05. The van der Waals surface area contributed by atoms with Crippen molar-refractivity contribution >= 4 is 11.6 Å². The smallest absolute Gasteiger partial charge is 0.254 e. The van der Waals surface area contributed by atoms with Gasteiger partial charge in [-0.1, -0.05) is 6.07 Å². The molecule has 1 aromatic carbocycles. The fraction of sp³-hybridized carbons (Fsp3) is 0.417. The summed E-state index contributed by atoms with van der Waals surface area (Å²) in [5, 5.41) is 0. The molecule has 86 valence electrons. The number of rotatable bonds is 1. The molecule has 0 spiro atoms. The normalized spacial score (nSPS) is 20.8. The number of ether oxygens (including phenoxy) is 1. The van der Waals surface area contributed by atoms with Crippen molar-refractivity contribution in [2.45, 2.75) is 13.0 Å². The number of nitrogen functional groups attached to an aromatic ring is 1. The van der Waals surface area contributed by atoms with Gasteiger partial charge in [0.25, 0.3) is 5.91 Å². The number of nitrogens with two attached hydrogens (primary N) is 1. The molecule has 1 amide bonds. The van der Waals surface area contributed by atoms with Crippen LogP contribution in [0.5, 0.6) is 0 Å². The maximum Gasteiger partial charge on any atom is 0.254 e. The zero-order valence-corrected chi connectivity index (χ0v) is 9.35. The van der Waals surface area contributed by atoms with Crippen molar-refractivity contribution in [2.75, 3.05) is 25.5 Å². The fourth-order valence-electron chi connectivity index (χ4n) is 1.87. The number of hydrogen-bond donors (Lipinski definition) is 1. The zero-order valence-electron chi connectivity index (χ0n) is 9.35. The van der Waals surface area contributed by atoms with E-state index in [0.29, 0.717) is 31.0 Å². The van der Waals surface area contributed by atoms with Gasteiger partial charge >= 0.3 is 0 Å². The van der Waals surface area contributed by atoms with Crippen LogP contribution in [0.3, 0.4) is 0 Å². The van der Waals surface area contributed by atoms with Crippen LogP contribution in [-0.4, -0.2) is 36.6 Å². The van der Waals surface area contributed by atoms with E-state index in [4.69, 9.17) is 10.5 Å². The number of anilines is 1. The molecule has 1 fully saturated rings. The van der Waals surface area contributed by atoms with Crippen molar-refractivity contribution < 1.29 is 9.53 Å². The summed E-state index contributed by atoms with van der Waals surface area (Å²) in [6.45, 7) is 3.85. The van der Waals surface area contributed by atoms with Gasteiger partial charge in [0.15, 0.2) is 0 Å². The summed E-state index contributed by atoms with van der Waals surface area (Å²) in [4.78, 5) is 14.0. The first kappa shape index (κ1) is 11.0. The zero-order chi connectivity index (χ0) is 11.5. The van der Waals surface area contributed by atoms with Gasteiger partial charge in [-0.2, -0.15) is 0 Å². The standard InChI is InChI=1S/C12H16N2O2/c1-9-8-16-6-5-14(9)12(15)10-3-2-4-11(13)7-10/h2-4,7,9H,5-6,8,13H2,1H3/t9-/m1/s1. The van der Waals surface area contributed by atoms with Gasteiger partial charge in [0.05, 0.1) is 19.3 Å². The van der Waals surface area contributed by atoms with E-state index in [1.54, 1.807) is 24.3 Å². The molecule has 0 radical (unpaired) electrons. The molecule has 1 aliphatic heterocycles. The molecule has 16 heavy (non-hydrogen) atoms. The molecule has 0 aliphatic carbocycles. The molecule has 0 aromatic heterocycles. The molecule has 2 rings (SSSR count). The Hall–Kier alpha value is -1.55. The Morgan fingerprint density at radius 1 is 1.56 bits per heavy atom. The Kier molecular flexibility index (Phi) is 3.10. The highest BCUT2D eigenvalue weighted by molar-refractivity contribution is 5.95. The minimum Gasteiger partial charge on any atom is -0.399 e. The lowest BCUT2D eigenvalue weighted by Crippen LogP contribution is -2.47. The highest BCUT2D eigenvalue weighted by Gasteiger charge is 2.24. The van der Waals surface area contributed by atoms with Gasteiger partial charge < -0.3 is 15.4 Å². The van der Waals surface area contributed by atoms with Crippen molar-refractivity contribution in [2.24, 2.45) is 0 Å². The summed E-state index contributed by atoms with van der Waals surface area (Å²) in [6, 6.07) is 7.21. The van der Waals surface area contributed by atoms with E-state index in [9.17, 15) is 4.79 Å². The predicted octanol–water partition coefficient (Wildman–Crippen LogP) is 1.13. The summed E-state index contributed by atoms with van der Waals surface area (Å²) in [5.74, 6) is 0.0306. The van der Waals surface area contributed by atoms with Crippen LogP contribution in [0.4, 0.5) is 5.69 Å². The lowest BCUT2D eigenvalue weighted by molar-refractivity contribution is 0.00360. The number of amides is 1. The van der Waals surface area contributed by atoms with Gasteiger partial charge in [-0.05, 0) is 25.1 Å². The van der Waals surface area contributed by atoms with Crippen LogP contribution in [0.2, 0.25) is 0 Å². The Morgan fingerprint density at radius 3 is 3.06 bits per heavy atom. The van der Waals surface area contributed by atoms with Crippen LogP contribution < -0.4 is 5.73 Å². The van der Waals surface area contributed by atoms with E-state index in [-0.39, 0.29) is 11.9 Å². The van der Waals surface area contributed by atoms with Crippen LogP contribution in [0.15, 0.2) is 24.3 Å². The van der Waals surface area contributed by atoms with Crippen LogP contribution in [0.25, 0.3) is 0 Å². The monoisotopic (exact) mass is 220 g/mol. The van der Waals surface area contributed by atoms with E-state index < -0.39 is 0 Å². The average Bonchev–Trinajstić information content (AvgIpc) is 2.29. The number of nitrogens with zero attached hydrogens (tertiary/aromatic N) is 1. The average molecular weight is 220 g/mol. The SMILES string of the molecule is C[C@@H]1COCCN1C(=O)c1cccc(N)c1. The summed E-state index contributed by atoms with van der Waals surface area (Å²) < 4.78 is 5.30. The lowest BCUT2D eigenvalue weighted by Gasteiger charge is -2.33. The van der Waals surface area contributed by atoms with E-state index in [1.807, 2.05) is 11.8 Å². The first-order valence-electron chi connectivity index (χ1n) is 5.43. The number of hydrogen-bond acceptors (Lipinski definition) is 3. The maximum atomic E-state index is 12.2. The van der Waals surface area contributed by atoms with Crippen molar-refractivity contribution in [1.29, 1.82) is 0 Å². The first-order chi connectivity index (χ1) is 7.68. The van der Waals surface area contributed by atoms with Gasteiger partial charge in [-0.25, -0.2) is 0 Å². The van der Waals surface area contributed by atoms with Gasteiger partial charge in [-0.3, -0.25) is 4.79 Å². The third kappa shape index (κ3) is 2.17. The second-order valence-electron chi connectivity index (χ2n) is 4.05. The van der Waals surface area contributed by atoms with E-state index in [1.165, 1.54) is 0 Å². The Bertz CT molecular complexity index is 392. The third-order valence-corrected chi connectivity index (χ3v) is 2.76. The van der Waals surface area contributed by atoms with Gasteiger partial charge in [0.2, 0.25) is 0 Å². The highest BCUT2D eigenvalue weighted by atomic mass is 16.5. The maximum absolute atomic E-state index is 12.2. The fourth-order valence-corrected chi connectivity index (χ4v) is 1.87. The van der Waals surface area contributed by atoms with Crippen LogP contribution in [0, 0.1) is 0 Å². The summed E-state index contributed by atoms with van der Waals surface area (Å²) >= 11 is 0. The number of carbonyl (C=O) groups excluding carboxylic acids is 1.